The van der Waals surface area contributed by atoms with Crippen LogP contribution in [0.15, 0.2) is 69.6 Å². The number of rotatable bonds is 6. The van der Waals surface area contributed by atoms with Gasteiger partial charge in [0.1, 0.15) is 12.4 Å². The number of ether oxygens (including phenoxy) is 1. The Morgan fingerprint density at radius 2 is 1.93 bits per heavy atom. The minimum atomic E-state index is -0.473. The third-order valence-electron chi connectivity index (χ3n) is 4.01. The Morgan fingerprint density at radius 3 is 2.71 bits per heavy atom. The second-order valence-corrected chi connectivity index (χ2v) is 6.07. The van der Waals surface area contributed by atoms with Crippen LogP contribution >= 0.6 is 0 Å². The number of nitro benzene ring substituents is 1. The van der Waals surface area contributed by atoms with Crippen LogP contribution in [0, 0.1) is 17.0 Å². The number of furan rings is 1. The number of aryl methyl sites for hydroxylation is 1. The molecule has 8 nitrogen and oxygen atoms in total. The smallest absolute Gasteiger partial charge is 0.311 e. The first kappa shape index (κ1) is 17.5. The lowest BCUT2D eigenvalue weighted by Crippen LogP contribution is -1.98. The molecule has 140 valence electrons. The second kappa shape index (κ2) is 7.36. The van der Waals surface area contributed by atoms with Gasteiger partial charge in [-0.1, -0.05) is 41.6 Å². The molecule has 2 heterocycles. The van der Waals surface area contributed by atoms with Gasteiger partial charge in [-0.3, -0.25) is 10.1 Å². The molecule has 2 aromatic carbocycles. The summed E-state index contributed by atoms with van der Waals surface area (Å²) >= 11 is 0. The largest absolute Gasteiger partial charge is 0.479 e. The van der Waals surface area contributed by atoms with E-state index in [1.807, 2.05) is 30.3 Å². The number of hydrogen-bond acceptors (Lipinski definition) is 7. The molecule has 0 radical (unpaired) electrons. The highest BCUT2D eigenvalue weighted by Crippen LogP contribution is 2.29. The Bertz CT molecular complexity index is 1120. The van der Waals surface area contributed by atoms with Gasteiger partial charge in [-0.2, -0.15) is 4.98 Å². The van der Waals surface area contributed by atoms with Gasteiger partial charge in [0.25, 0.3) is 5.89 Å². The quantitative estimate of drug-likeness (QED) is 0.351. The van der Waals surface area contributed by atoms with Crippen LogP contribution in [-0.4, -0.2) is 15.1 Å². The molecular weight excluding hydrogens is 362 g/mol. The van der Waals surface area contributed by atoms with Crippen LogP contribution in [0.4, 0.5) is 5.69 Å². The Hall–Kier alpha value is -3.94. The summed E-state index contributed by atoms with van der Waals surface area (Å²) in [5.41, 5.74) is 1.53. The van der Waals surface area contributed by atoms with Crippen LogP contribution in [-0.2, 0) is 6.61 Å². The zero-order chi connectivity index (χ0) is 19.5. The van der Waals surface area contributed by atoms with E-state index in [-0.39, 0.29) is 23.9 Å². The molecule has 0 N–H and O–H groups in total. The molecule has 0 saturated heterocycles. The number of nitro groups is 1. The topological polar surface area (TPSA) is 104 Å². The van der Waals surface area contributed by atoms with Crippen LogP contribution in [0.25, 0.3) is 23.0 Å². The van der Waals surface area contributed by atoms with E-state index in [1.165, 1.54) is 6.07 Å². The molecule has 0 spiro atoms. The predicted octanol–water partition coefficient (Wildman–Crippen LogP) is 4.79. The molecule has 0 aliphatic rings. The summed E-state index contributed by atoms with van der Waals surface area (Å²) in [5.74, 6) is 1.75. The van der Waals surface area contributed by atoms with Crippen molar-refractivity contribution in [3.05, 3.63) is 82.1 Å². The molecule has 4 aromatic rings. The van der Waals surface area contributed by atoms with Crippen LogP contribution in [0.5, 0.6) is 5.75 Å². The summed E-state index contributed by atoms with van der Waals surface area (Å²) in [4.78, 5) is 15.0. The highest BCUT2D eigenvalue weighted by atomic mass is 16.6. The lowest BCUT2D eigenvalue weighted by molar-refractivity contribution is -0.386. The second-order valence-electron chi connectivity index (χ2n) is 6.07. The molecule has 0 aliphatic carbocycles. The Balaban J connectivity index is 1.49. The molecule has 0 atom stereocenters. The standard InChI is InChI=1S/C20H15N3O5/c1-13-7-9-17(16(11-13)23(24)25)26-12-15-8-10-18(27-15)20-21-19(22-28-20)14-5-3-2-4-6-14/h2-11H,12H2,1H3. The van der Waals surface area contributed by atoms with Gasteiger partial charge in [-0.15, -0.1) is 0 Å². The van der Waals surface area contributed by atoms with Crippen LogP contribution in [0.2, 0.25) is 0 Å². The molecule has 0 amide bonds. The first-order chi connectivity index (χ1) is 13.6. The molecule has 0 bridgehead atoms. The van der Waals surface area contributed by atoms with Crippen molar-refractivity contribution >= 4 is 5.69 Å². The van der Waals surface area contributed by atoms with E-state index in [1.54, 1.807) is 31.2 Å². The fourth-order valence-corrected chi connectivity index (χ4v) is 2.64. The monoisotopic (exact) mass is 377 g/mol. The highest BCUT2D eigenvalue weighted by Gasteiger charge is 2.17. The van der Waals surface area contributed by atoms with Gasteiger partial charge in [-0.25, -0.2) is 0 Å². The lowest BCUT2D eigenvalue weighted by atomic mass is 10.2. The van der Waals surface area contributed by atoms with Gasteiger partial charge in [-0.05, 0) is 30.7 Å². The van der Waals surface area contributed by atoms with Crippen LogP contribution in [0.1, 0.15) is 11.3 Å². The van der Waals surface area contributed by atoms with Crippen molar-refractivity contribution in [2.75, 3.05) is 0 Å². The Labute approximate surface area is 159 Å². The predicted molar refractivity (Wildman–Crippen MR) is 99.6 cm³/mol. The Kier molecular flexibility index (Phi) is 4.59. The minimum absolute atomic E-state index is 0.0313. The first-order valence-electron chi connectivity index (χ1n) is 8.46. The van der Waals surface area contributed by atoms with Gasteiger partial charge in [0.15, 0.2) is 11.5 Å². The summed E-state index contributed by atoms with van der Waals surface area (Å²) in [6, 6.07) is 17.6. The molecule has 2 aromatic heterocycles. The van der Waals surface area contributed by atoms with Gasteiger partial charge in [0.05, 0.1) is 4.92 Å². The van der Waals surface area contributed by atoms with Crippen molar-refractivity contribution in [1.29, 1.82) is 0 Å². The van der Waals surface area contributed by atoms with Gasteiger partial charge < -0.3 is 13.7 Å². The summed E-state index contributed by atoms with van der Waals surface area (Å²) in [6.45, 7) is 1.81. The van der Waals surface area contributed by atoms with Crippen molar-refractivity contribution in [2.45, 2.75) is 13.5 Å². The SMILES string of the molecule is Cc1ccc(OCc2ccc(-c3nc(-c4ccccc4)no3)o2)c([N+](=O)[O-])c1. The van der Waals surface area contributed by atoms with Crippen molar-refractivity contribution in [3.8, 4) is 28.8 Å². The molecule has 28 heavy (non-hydrogen) atoms. The van der Waals surface area contributed by atoms with E-state index in [9.17, 15) is 10.1 Å². The molecule has 0 saturated carbocycles. The summed E-state index contributed by atoms with van der Waals surface area (Å²) < 4.78 is 16.5. The molecule has 4 rings (SSSR count). The molecular formula is C20H15N3O5. The maximum absolute atomic E-state index is 11.2. The maximum atomic E-state index is 11.2. The van der Waals surface area contributed by atoms with E-state index in [0.29, 0.717) is 17.3 Å². The zero-order valence-corrected chi connectivity index (χ0v) is 14.9. The van der Waals surface area contributed by atoms with Gasteiger partial charge >= 0.3 is 5.69 Å². The summed E-state index contributed by atoms with van der Waals surface area (Å²) in [7, 11) is 0. The molecule has 0 unspecified atom stereocenters. The number of aromatic nitrogens is 2. The van der Waals surface area contributed by atoms with Crippen LogP contribution in [0.3, 0.4) is 0 Å². The van der Waals surface area contributed by atoms with E-state index in [2.05, 4.69) is 10.1 Å². The van der Waals surface area contributed by atoms with Gasteiger partial charge in [0, 0.05) is 11.6 Å². The molecule has 0 fully saturated rings. The minimum Gasteiger partial charge on any atom is -0.479 e. The summed E-state index contributed by atoms with van der Waals surface area (Å²) in [5, 5.41) is 15.1. The molecule has 8 heteroatoms. The summed E-state index contributed by atoms with van der Waals surface area (Å²) in [6.07, 6.45) is 0. The lowest BCUT2D eigenvalue weighted by Gasteiger charge is -2.05. The van der Waals surface area contributed by atoms with Gasteiger partial charge in [0.2, 0.25) is 5.82 Å². The zero-order valence-electron chi connectivity index (χ0n) is 14.9. The number of nitrogens with zero attached hydrogens (tertiary/aromatic N) is 3. The average Bonchev–Trinajstić information content (AvgIpc) is 3.37. The highest BCUT2D eigenvalue weighted by molar-refractivity contribution is 5.57. The van der Waals surface area contributed by atoms with E-state index in [0.717, 1.165) is 11.1 Å². The van der Waals surface area contributed by atoms with Crippen molar-refractivity contribution < 1.29 is 18.6 Å². The van der Waals surface area contributed by atoms with Crippen molar-refractivity contribution in [2.24, 2.45) is 0 Å². The third-order valence-corrected chi connectivity index (χ3v) is 4.01. The molecule has 0 aliphatic heterocycles. The van der Waals surface area contributed by atoms with Crippen molar-refractivity contribution in [3.63, 3.8) is 0 Å². The number of benzene rings is 2. The maximum Gasteiger partial charge on any atom is 0.311 e. The normalized spacial score (nSPS) is 10.8. The van der Waals surface area contributed by atoms with E-state index >= 15 is 0 Å². The average molecular weight is 377 g/mol. The van der Waals surface area contributed by atoms with E-state index in [4.69, 9.17) is 13.7 Å². The van der Waals surface area contributed by atoms with Crippen molar-refractivity contribution in [1.82, 2.24) is 10.1 Å². The number of hydrogen-bond donors (Lipinski definition) is 0. The fraction of sp³-hybridized carbons (Fsp3) is 0.100. The first-order valence-corrected chi connectivity index (χ1v) is 8.46. The fourth-order valence-electron chi connectivity index (χ4n) is 2.64. The van der Waals surface area contributed by atoms with Crippen LogP contribution < -0.4 is 4.74 Å². The Morgan fingerprint density at radius 1 is 1.11 bits per heavy atom. The third kappa shape index (κ3) is 3.61. The van der Waals surface area contributed by atoms with E-state index < -0.39 is 4.92 Å².